The first-order chi connectivity index (χ1) is 8.16. The molecule has 2 rings (SSSR count). The van der Waals surface area contributed by atoms with E-state index >= 15 is 0 Å². The quantitative estimate of drug-likeness (QED) is 0.815. The van der Waals surface area contributed by atoms with Gasteiger partial charge in [0.05, 0.1) is 11.1 Å². The second kappa shape index (κ2) is 5.74. The molecule has 2 nitrogen and oxygen atoms in total. The van der Waals surface area contributed by atoms with Gasteiger partial charge in [0.2, 0.25) is 0 Å². The van der Waals surface area contributed by atoms with E-state index in [1.165, 1.54) is 6.42 Å². The van der Waals surface area contributed by atoms with Gasteiger partial charge < -0.3 is 9.84 Å². The van der Waals surface area contributed by atoms with Crippen molar-refractivity contribution in [2.75, 3.05) is 0 Å². The monoisotopic (exact) mass is 254 g/mol. The zero-order valence-electron chi connectivity index (χ0n) is 10.2. The smallest absolute Gasteiger partial charge is 0.138 e. The van der Waals surface area contributed by atoms with Crippen LogP contribution in [0.3, 0.4) is 0 Å². The van der Waals surface area contributed by atoms with Crippen LogP contribution in [-0.4, -0.2) is 17.3 Å². The molecule has 94 valence electrons. The van der Waals surface area contributed by atoms with Crippen LogP contribution in [0.5, 0.6) is 5.75 Å². The van der Waals surface area contributed by atoms with Crippen LogP contribution in [0.25, 0.3) is 0 Å². The Balaban J connectivity index is 2.08. The van der Waals surface area contributed by atoms with Crippen LogP contribution in [0.2, 0.25) is 5.02 Å². The Kier molecular flexibility index (Phi) is 4.30. The topological polar surface area (TPSA) is 29.5 Å². The van der Waals surface area contributed by atoms with Crippen LogP contribution in [0.1, 0.15) is 37.7 Å². The highest BCUT2D eigenvalue weighted by Crippen LogP contribution is 2.29. The lowest BCUT2D eigenvalue weighted by Crippen LogP contribution is -2.30. The van der Waals surface area contributed by atoms with Crippen molar-refractivity contribution in [2.24, 2.45) is 0 Å². The number of hydrogen-bond acceptors (Lipinski definition) is 2. The van der Waals surface area contributed by atoms with Crippen LogP contribution in [-0.2, 0) is 0 Å². The molecule has 1 saturated carbocycles. The van der Waals surface area contributed by atoms with Crippen LogP contribution in [0.4, 0.5) is 0 Å². The highest BCUT2D eigenvalue weighted by atomic mass is 35.5. The van der Waals surface area contributed by atoms with Gasteiger partial charge in [-0.3, -0.25) is 0 Å². The molecule has 0 bridgehead atoms. The first-order valence-corrected chi connectivity index (χ1v) is 6.65. The molecule has 2 atom stereocenters. The van der Waals surface area contributed by atoms with E-state index in [0.29, 0.717) is 10.8 Å². The zero-order chi connectivity index (χ0) is 12.3. The molecule has 3 heteroatoms. The van der Waals surface area contributed by atoms with Crippen LogP contribution >= 0.6 is 11.6 Å². The van der Waals surface area contributed by atoms with Gasteiger partial charge in [-0.25, -0.2) is 0 Å². The molecule has 0 saturated heterocycles. The van der Waals surface area contributed by atoms with E-state index in [2.05, 4.69) is 0 Å². The van der Waals surface area contributed by atoms with Gasteiger partial charge in [-0.15, -0.1) is 0 Å². The number of rotatable bonds is 2. The zero-order valence-corrected chi connectivity index (χ0v) is 10.9. The highest BCUT2D eigenvalue weighted by Gasteiger charge is 2.23. The number of aliphatic hydroxyl groups excluding tert-OH is 1. The number of aliphatic hydroxyl groups is 1. The minimum absolute atomic E-state index is 0.113. The fourth-order valence-corrected chi connectivity index (χ4v) is 2.54. The minimum atomic E-state index is -0.366. The fraction of sp³-hybridized carbons (Fsp3) is 0.571. The molecule has 1 aliphatic carbocycles. The van der Waals surface area contributed by atoms with E-state index in [1.54, 1.807) is 0 Å². The van der Waals surface area contributed by atoms with E-state index in [4.69, 9.17) is 16.3 Å². The predicted octanol–water partition coefficient (Wildman–Crippen LogP) is 3.72. The molecular weight excluding hydrogens is 236 g/mol. The van der Waals surface area contributed by atoms with Crippen molar-refractivity contribution in [3.63, 3.8) is 0 Å². The van der Waals surface area contributed by atoms with E-state index in [-0.39, 0.29) is 12.2 Å². The molecule has 0 spiro atoms. The van der Waals surface area contributed by atoms with Gasteiger partial charge in [-0.2, -0.15) is 0 Å². The van der Waals surface area contributed by atoms with Gasteiger partial charge in [0, 0.05) is 0 Å². The van der Waals surface area contributed by atoms with Crippen LogP contribution < -0.4 is 4.74 Å². The lowest BCUT2D eigenvalue weighted by molar-refractivity contribution is 0.0320. The Morgan fingerprint density at radius 3 is 2.76 bits per heavy atom. The van der Waals surface area contributed by atoms with Crippen molar-refractivity contribution in [1.29, 1.82) is 0 Å². The minimum Gasteiger partial charge on any atom is -0.486 e. The molecule has 0 heterocycles. The molecular formula is C14H19ClO2. The summed E-state index contributed by atoms with van der Waals surface area (Å²) in [4.78, 5) is 0. The molecule has 0 radical (unpaired) electrons. The Hall–Kier alpha value is -0.730. The van der Waals surface area contributed by atoms with Crippen LogP contribution in [0.15, 0.2) is 18.2 Å². The molecule has 2 unspecified atom stereocenters. The van der Waals surface area contributed by atoms with Crippen molar-refractivity contribution in [3.8, 4) is 5.75 Å². The Bertz CT molecular complexity index is 378. The number of benzene rings is 1. The number of hydrogen-bond donors (Lipinski definition) is 1. The Morgan fingerprint density at radius 2 is 2.00 bits per heavy atom. The highest BCUT2D eigenvalue weighted by molar-refractivity contribution is 6.32. The van der Waals surface area contributed by atoms with Crippen molar-refractivity contribution in [1.82, 2.24) is 0 Å². The summed E-state index contributed by atoms with van der Waals surface area (Å²) in [5, 5.41) is 10.6. The van der Waals surface area contributed by atoms with E-state index in [9.17, 15) is 5.11 Å². The summed E-state index contributed by atoms with van der Waals surface area (Å²) >= 11 is 6.13. The molecule has 1 aliphatic rings. The predicted molar refractivity (Wildman–Crippen MR) is 69.7 cm³/mol. The Morgan fingerprint density at radius 1 is 1.24 bits per heavy atom. The van der Waals surface area contributed by atoms with E-state index in [1.807, 2.05) is 25.1 Å². The third-order valence-corrected chi connectivity index (χ3v) is 3.58. The second-order valence-electron chi connectivity index (χ2n) is 4.80. The summed E-state index contributed by atoms with van der Waals surface area (Å²) in [5.41, 5.74) is 1.11. The largest absolute Gasteiger partial charge is 0.486 e. The Labute approximate surface area is 108 Å². The van der Waals surface area contributed by atoms with Gasteiger partial charge in [0.1, 0.15) is 11.9 Å². The molecule has 1 aromatic rings. The maximum Gasteiger partial charge on any atom is 0.138 e. The average Bonchev–Trinajstić information content (AvgIpc) is 2.48. The summed E-state index contributed by atoms with van der Waals surface area (Å²) < 4.78 is 5.85. The molecule has 0 aromatic heterocycles. The van der Waals surface area contributed by atoms with Gasteiger partial charge in [0.15, 0.2) is 0 Å². The summed E-state index contributed by atoms with van der Waals surface area (Å²) in [5.74, 6) is 0.684. The standard InChI is InChI=1S/C14H19ClO2/c1-10-7-8-13(11(15)9-10)17-14-6-4-2-3-5-12(14)16/h7-9,12,14,16H,2-6H2,1H3. The van der Waals surface area contributed by atoms with Crippen molar-refractivity contribution in [3.05, 3.63) is 28.8 Å². The lowest BCUT2D eigenvalue weighted by Gasteiger charge is -2.22. The summed E-state index contributed by atoms with van der Waals surface area (Å²) in [6.07, 6.45) is 4.64. The van der Waals surface area contributed by atoms with E-state index < -0.39 is 0 Å². The molecule has 17 heavy (non-hydrogen) atoms. The molecule has 1 N–H and O–H groups in total. The SMILES string of the molecule is Cc1ccc(OC2CCCCCC2O)c(Cl)c1. The van der Waals surface area contributed by atoms with Crippen LogP contribution in [0, 0.1) is 6.92 Å². The van der Waals surface area contributed by atoms with Crippen molar-refractivity contribution < 1.29 is 9.84 Å². The van der Waals surface area contributed by atoms with Gasteiger partial charge in [0.25, 0.3) is 0 Å². The number of halogens is 1. The van der Waals surface area contributed by atoms with Gasteiger partial charge in [-0.05, 0) is 43.9 Å². The maximum absolute atomic E-state index is 9.99. The number of aryl methyl sites for hydroxylation is 1. The molecule has 1 aromatic carbocycles. The average molecular weight is 255 g/mol. The van der Waals surface area contributed by atoms with Gasteiger partial charge in [-0.1, -0.05) is 30.5 Å². The first-order valence-electron chi connectivity index (χ1n) is 6.27. The lowest BCUT2D eigenvalue weighted by atomic mass is 10.1. The third kappa shape index (κ3) is 3.36. The summed E-state index contributed by atoms with van der Waals surface area (Å²) in [6, 6.07) is 5.75. The van der Waals surface area contributed by atoms with Crippen molar-refractivity contribution in [2.45, 2.75) is 51.2 Å². The summed E-state index contributed by atoms with van der Waals surface area (Å²) in [7, 11) is 0. The molecule has 0 aliphatic heterocycles. The first kappa shape index (κ1) is 12.7. The summed E-state index contributed by atoms with van der Waals surface area (Å²) in [6.45, 7) is 2.00. The molecule has 1 fully saturated rings. The normalized spacial score (nSPS) is 25.4. The number of ether oxygens (including phenoxy) is 1. The second-order valence-corrected chi connectivity index (χ2v) is 5.20. The maximum atomic E-state index is 9.99. The third-order valence-electron chi connectivity index (χ3n) is 3.28. The molecule has 0 amide bonds. The van der Waals surface area contributed by atoms with Gasteiger partial charge >= 0.3 is 0 Å². The van der Waals surface area contributed by atoms with E-state index in [0.717, 1.165) is 31.2 Å². The fourth-order valence-electron chi connectivity index (χ4n) is 2.26. The van der Waals surface area contributed by atoms with Crippen molar-refractivity contribution >= 4 is 11.6 Å².